The van der Waals surface area contributed by atoms with E-state index < -0.39 is 0 Å². The molecule has 3 saturated heterocycles. The number of rotatable bonds is 4. The summed E-state index contributed by atoms with van der Waals surface area (Å²) in [5.74, 6) is 1.60. The van der Waals surface area contributed by atoms with Crippen LogP contribution in [0.25, 0.3) is 5.69 Å². The Bertz CT molecular complexity index is 640. The molecule has 5 rings (SSSR count). The number of tetrazole rings is 1. The summed E-state index contributed by atoms with van der Waals surface area (Å²) in [6.07, 6.45) is 3.85. The van der Waals surface area contributed by atoms with E-state index in [0.29, 0.717) is 6.04 Å². The Morgan fingerprint density at radius 2 is 1.96 bits per heavy atom. The van der Waals surface area contributed by atoms with Gasteiger partial charge in [0.1, 0.15) is 0 Å². The lowest BCUT2D eigenvalue weighted by Crippen LogP contribution is -2.44. The molecule has 0 saturated carbocycles. The van der Waals surface area contributed by atoms with Gasteiger partial charge in [0.25, 0.3) is 0 Å². The number of anilines is 1. The number of fused-ring (bicyclic) bond motifs is 4. The molecule has 0 spiro atoms. The Morgan fingerprint density at radius 1 is 1.09 bits per heavy atom. The van der Waals surface area contributed by atoms with Gasteiger partial charge in [-0.05, 0) is 54.3 Å². The second-order valence-electron chi connectivity index (χ2n) is 6.72. The van der Waals surface area contributed by atoms with Crippen molar-refractivity contribution in [1.82, 2.24) is 25.1 Å². The van der Waals surface area contributed by atoms with E-state index in [0.717, 1.165) is 30.6 Å². The smallest absolute Gasteiger partial charge is 0.250 e. The van der Waals surface area contributed by atoms with E-state index in [-0.39, 0.29) is 0 Å². The summed E-state index contributed by atoms with van der Waals surface area (Å²) in [5.41, 5.74) is 1.02. The number of aromatic nitrogens is 4. The third-order valence-corrected chi connectivity index (χ3v) is 5.07. The van der Waals surface area contributed by atoms with E-state index in [1.165, 1.54) is 32.4 Å². The third-order valence-electron chi connectivity index (χ3n) is 5.07. The summed E-state index contributed by atoms with van der Waals surface area (Å²) >= 11 is 0. The average molecular weight is 312 g/mol. The van der Waals surface area contributed by atoms with Gasteiger partial charge in [-0.25, -0.2) is 0 Å². The molecule has 0 N–H and O–H groups in total. The fourth-order valence-electron chi connectivity index (χ4n) is 4.02. The predicted octanol–water partition coefficient (Wildman–Crippen LogP) is 1.97. The van der Waals surface area contributed by atoms with Crippen LogP contribution in [0.2, 0.25) is 0 Å². The second kappa shape index (κ2) is 6.28. The molecule has 3 fully saturated rings. The fourth-order valence-corrected chi connectivity index (χ4v) is 4.02. The van der Waals surface area contributed by atoms with Crippen molar-refractivity contribution in [3.05, 3.63) is 30.3 Å². The number of para-hydroxylation sites is 1. The maximum Gasteiger partial charge on any atom is 0.250 e. The first-order chi connectivity index (χ1) is 11.3. The van der Waals surface area contributed by atoms with Crippen LogP contribution in [0, 0.1) is 5.92 Å². The topological polar surface area (TPSA) is 50.1 Å². The standard InChI is InChI=1S/C17H24N6/c1-2-10-21-11-14-8-9-16(21)13-22(12-14)17-18-19-20-23(17)15-6-4-3-5-7-15/h3-7,14,16H,2,8-13H2,1H3/t14-,16-/m1/s1. The molecule has 0 amide bonds. The van der Waals surface area contributed by atoms with Gasteiger partial charge >= 0.3 is 0 Å². The van der Waals surface area contributed by atoms with E-state index in [2.05, 4.69) is 44.4 Å². The highest BCUT2D eigenvalue weighted by Gasteiger charge is 2.35. The summed E-state index contributed by atoms with van der Waals surface area (Å²) in [7, 11) is 0. The van der Waals surface area contributed by atoms with Gasteiger partial charge in [0, 0.05) is 25.7 Å². The van der Waals surface area contributed by atoms with Crippen LogP contribution in [0.5, 0.6) is 0 Å². The Labute approximate surface area is 137 Å². The molecule has 2 bridgehead atoms. The van der Waals surface area contributed by atoms with Crippen molar-refractivity contribution >= 4 is 5.95 Å². The van der Waals surface area contributed by atoms with Crippen LogP contribution in [0.15, 0.2) is 30.3 Å². The Kier molecular flexibility index (Phi) is 3.99. The summed E-state index contributed by atoms with van der Waals surface area (Å²) in [4.78, 5) is 5.07. The lowest BCUT2D eigenvalue weighted by Gasteiger charge is -2.35. The number of hydrogen-bond donors (Lipinski definition) is 0. The minimum Gasteiger partial charge on any atom is -0.337 e. The highest BCUT2D eigenvalue weighted by molar-refractivity contribution is 5.41. The molecule has 0 aliphatic carbocycles. The minimum absolute atomic E-state index is 0.634. The first-order valence-corrected chi connectivity index (χ1v) is 8.68. The number of benzene rings is 1. The van der Waals surface area contributed by atoms with Gasteiger partial charge in [-0.15, -0.1) is 0 Å². The molecule has 23 heavy (non-hydrogen) atoms. The highest BCUT2D eigenvalue weighted by Crippen LogP contribution is 2.30. The van der Waals surface area contributed by atoms with Gasteiger partial charge in [-0.3, -0.25) is 4.90 Å². The Balaban J connectivity index is 1.61. The quantitative estimate of drug-likeness (QED) is 0.864. The minimum atomic E-state index is 0.634. The third kappa shape index (κ3) is 2.83. The molecule has 0 unspecified atom stereocenters. The van der Waals surface area contributed by atoms with Crippen LogP contribution in [-0.4, -0.2) is 57.3 Å². The number of hydrogen-bond acceptors (Lipinski definition) is 5. The first kappa shape index (κ1) is 14.6. The van der Waals surface area contributed by atoms with E-state index in [4.69, 9.17) is 0 Å². The molecule has 6 nitrogen and oxygen atoms in total. The van der Waals surface area contributed by atoms with Crippen molar-refractivity contribution in [3.8, 4) is 5.69 Å². The van der Waals surface area contributed by atoms with Crippen molar-refractivity contribution < 1.29 is 0 Å². The van der Waals surface area contributed by atoms with Crippen molar-refractivity contribution in [2.45, 2.75) is 32.2 Å². The number of piperidine rings is 1. The summed E-state index contributed by atoms with van der Waals surface area (Å²) < 4.78 is 1.87. The average Bonchev–Trinajstić information content (AvgIpc) is 2.91. The van der Waals surface area contributed by atoms with Crippen LogP contribution in [0.4, 0.5) is 5.95 Å². The molecule has 3 aliphatic rings. The number of nitrogens with zero attached hydrogens (tertiary/aromatic N) is 6. The maximum atomic E-state index is 4.33. The zero-order valence-electron chi connectivity index (χ0n) is 13.7. The van der Waals surface area contributed by atoms with Crippen molar-refractivity contribution in [1.29, 1.82) is 0 Å². The zero-order chi connectivity index (χ0) is 15.6. The van der Waals surface area contributed by atoms with Gasteiger partial charge in [-0.1, -0.05) is 30.2 Å². The van der Waals surface area contributed by atoms with Crippen LogP contribution >= 0.6 is 0 Å². The second-order valence-corrected chi connectivity index (χ2v) is 6.72. The SMILES string of the molecule is CCCN1C[C@H]2CC[C@@H]1CN(c1nnnn1-c1ccccc1)C2. The van der Waals surface area contributed by atoms with E-state index in [9.17, 15) is 0 Å². The molecule has 2 aromatic rings. The molecule has 4 heterocycles. The molecular formula is C17H24N6. The lowest BCUT2D eigenvalue weighted by molar-refractivity contribution is 0.134. The molecule has 3 aliphatic heterocycles. The molecule has 6 heteroatoms. The van der Waals surface area contributed by atoms with Crippen LogP contribution in [0.1, 0.15) is 26.2 Å². The summed E-state index contributed by atoms with van der Waals surface area (Å²) in [6.45, 7) is 6.79. The summed E-state index contributed by atoms with van der Waals surface area (Å²) in [6, 6.07) is 10.8. The molecule has 122 valence electrons. The molecule has 1 aromatic carbocycles. The maximum absolute atomic E-state index is 4.33. The van der Waals surface area contributed by atoms with Crippen molar-refractivity contribution in [2.24, 2.45) is 5.92 Å². The van der Waals surface area contributed by atoms with Gasteiger partial charge in [0.2, 0.25) is 5.95 Å². The van der Waals surface area contributed by atoms with Gasteiger partial charge < -0.3 is 4.90 Å². The van der Waals surface area contributed by atoms with Crippen LogP contribution in [-0.2, 0) is 0 Å². The van der Waals surface area contributed by atoms with E-state index in [1.54, 1.807) is 0 Å². The molecule has 1 aromatic heterocycles. The van der Waals surface area contributed by atoms with E-state index in [1.807, 2.05) is 22.9 Å². The normalized spacial score (nSPS) is 24.8. The highest BCUT2D eigenvalue weighted by atomic mass is 15.6. The molecule has 0 radical (unpaired) electrons. The van der Waals surface area contributed by atoms with Gasteiger partial charge in [0.05, 0.1) is 5.69 Å². The Hall–Kier alpha value is -1.95. The van der Waals surface area contributed by atoms with Crippen LogP contribution in [0.3, 0.4) is 0 Å². The molecular weight excluding hydrogens is 288 g/mol. The fraction of sp³-hybridized carbons (Fsp3) is 0.588. The Morgan fingerprint density at radius 3 is 2.78 bits per heavy atom. The predicted molar refractivity (Wildman–Crippen MR) is 89.7 cm³/mol. The largest absolute Gasteiger partial charge is 0.337 e. The zero-order valence-corrected chi connectivity index (χ0v) is 13.7. The van der Waals surface area contributed by atoms with Crippen molar-refractivity contribution in [3.63, 3.8) is 0 Å². The molecule has 2 atom stereocenters. The monoisotopic (exact) mass is 312 g/mol. The lowest BCUT2D eigenvalue weighted by atomic mass is 9.95. The van der Waals surface area contributed by atoms with E-state index >= 15 is 0 Å². The van der Waals surface area contributed by atoms with Gasteiger partial charge in [-0.2, -0.15) is 4.68 Å². The summed E-state index contributed by atoms with van der Waals surface area (Å²) in [5, 5.41) is 12.5. The van der Waals surface area contributed by atoms with Crippen LogP contribution < -0.4 is 4.90 Å². The van der Waals surface area contributed by atoms with Crippen molar-refractivity contribution in [2.75, 3.05) is 31.1 Å². The van der Waals surface area contributed by atoms with Gasteiger partial charge in [0.15, 0.2) is 0 Å². The first-order valence-electron chi connectivity index (χ1n) is 8.68.